The Kier molecular flexibility index (Phi) is 6.67. The summed E-state index contributed by atoms with van der Waals surface area (Å²) >= 11 is 6.42. The average Bonchev–Trinajstić information content (AvgIpc) is 2.71. The van der Waals surface area contributed by atoms with Crippen LogP contribution in [0.4, 0.5) is 5.82 Å². The first-order valence-corrected chi connectivity index (χ1v) is 9.65. The van der Waals surface area contributed by atoms with Crippen molar-refractivity contribution in [1.29, 1.82) is 0 Å². The maximum atomic E-state index is 13.0. The summed E-state index contributed by atoms with van der Waals surface area (Å²) in [6.45, 7) is 3.63. The Labute approximate surface area is 174 Å². The Morgan fingerprint density at radius 3 is 2.34 bits per heavy atom. The summed E-state index contributed by atoms with van der Waals surface area (Å²) in [5.41, 5.74) is 1.50. The van der Waals surface area contributed by atoms with E-state index >= 15 is 0 Å². The van der Waals surface area contributed by atoms with Gasteiger partial charge in [-0.05, 0) is 19.4 Å². The highest BCUT2D eigenvalue weighted by molar-refractivity contribution is 6.32. The third kappa shape index (κ3) is 5.23. The molecule has 3 aromatic rings. The molecule has 2 aromatic carbocycles. The highest BCUT2D eigenvalue weighted by atomic mass is 35.5. The molecule has 0 bridgehead atoms. The minimum atomic E-state index is -0.536. The predicted molar refractivity (Wildman–Crippen MR) is 114 cm³/mol. The van der Waals surface area contributed by atoms with Gasteiger partial charge in [-0.1, -0.05) is 72.3 Å². The second kappa shape index (κ2) is 9.39. The van der Waals surface area contributed by atoms with Crippen LogP contribution in [0.2, 0.25) is 5.15 Å². The molecule has 150 valence electrons. The van der Waals surface area contributed by atoms with Crippen LogP contribution in [0.15, 0.2) is 65.5 Å². The lowest BCUT2D eigenvalue weighted by Crippen LogP contribution is -2.31. The van der Waals surface area contributed by atoms with E-state index in [4.69, 9.17) is 16.3 Å². The van der Waals surface area contributed by atoms with Crippen molar-refractivity contribution in [1.82, 2.24) is 9.55 Å². The number of ether oxygens (including phenoxy) is 1. The van der Waals surface area contributed by atoms with E-state index in [1.54, 1.807) is 0 Å². The average molecular weight is 412 g/mol. The van der Waals surface area contributed by atoms with Gasteiger partial charge in [0, 0.05) is 11.6 Å². The highest BCUT2D eigenvalue weighted by Crippen LogP contribution is 2.26. The number of hydrogen-bond acceptors (Lipinski definition) is 5. The molecule has 0 aliphatic rings. The van der Waals surface area contributed by atoms with Gasteiger partial charge in [-0.2, -0.15) is 0 Å². The summed E-state index contributed by atoms with van der Waals surface area (Å²) < 4.78 is 6.66. The second-order valence-corrected chi connectivity index (χ2v) is 7.16. The second-order valence-electron chi connectivity index (χ2n) is 6.80. The van der Waals surface area contributed by atoms with Crippen molar-refractivity contribution in [3.63, 3.8) is 0 Å². The van der Waals surface area contributed by atoms with Crippen LogP contribution in [-0.2, 0) is 22.7 Å². The van der Waals surface area contributed by atoms with Crippen molar-refractivity contribution in [2.75, 3.05) is 5.32 Å². The van der Waals surface area contributed by atoms with Gasteiger partial charge >= 0.3 is 5.97 Å². The van der Waals surface area contributed by atoms with E-state index in [1.807, 2.05) is 74.5 Å². The maximum absolute atomic E-state index is 13.0. The van der Waals surface area contributed by atoms with Crippen LogP contribution < -0.4 is 10.9 Å². The molecule has 0 atom stereocenters. The number of nitrogens with one attached hydrogen (secondary N) is 1. The van der Waals surface area contributed by atoms with Crippen LogP contribution in [0.1, 0.15) is 19.4 Å². The van der Waals surface area contributed by atoms with E-state index in [2.05, 4.69) is 10.3 Å². The number of rotatable bonds is 7. The van der Waals surface area contributed by atoms with Crippen molar-refractivity contribution in [3.8, 4) is 11.3 Å². The van der Waals surface area contributed by atoms with Gasteiger partial charge in [-0.3, -0.25) is 14.2 Å². The molecule has 3 rings (SSSR count). The number of hydrogen-bond donors (Lipinski definition) is 1. The van der Waals surface area contributed by atoms with E-state index in [1.165, 1.54) is 4.57 Å². The summed E-state index contributed by atoms with van der Waals surface area (Å²) in [6, 6.07) is 18.5. The number of nitrogens with zero attached hydrogens (tertiary/aromatic N) is 2. The molecule has 0 spiro atoms. The zero-order valence-electron chi connectivity index (χ0n) is 16.3. The van der Waals surface area contributed by atoms with Crippen molar-refractivity contribution < 1.29 is 9.53 Å². The van der Waals surface area contributed by atoms with Gasteiger partial charge in [-0.25, -0.2) is 4.98 Å². The van der Waals surface area contributed by atoms with Gasteiger partial charge in [0.1, 0.15) is 13.2 Å². The van der Waals surface area contributed by atoms with Crippen molar-refractivity contribution in [2.45, 2.75) is 33.0 Å². The maximum Gasteiger partial charge on any atom is 0.326 e. The van der Waals surface area contributed by atoms with Gasteiger partial charge in [0.2, 0.25) is 0 Å². The zero-order valence-corrected chi connectivity index (χ0v) is 17.0. The molecule has 0 saturated heterocycles. The topological polar surface area (TPSA) is 73.2 Å². The molecule has 0 aliphatic carbocycles. The first-order valence-electron chi connectivity index (χ1n) is 9.27. The fourth-order valence-corrected chi connectivity index (χ4v) is 3.14. The fourth-order valence-electron chi connectivity index (χ4n) is 2.84. The van der Waals surface area contributed by atoms with Crippen LogP contribution in [0, 0.1) is 0 Å². The number of carbonyl (C=O) groups is 1. The standard InChI is InChI=1S/C22H22ClN3O3/c1-15(2)24-21-22(28)26(13-18(27)29-14-16-9-5-3-6-10-16)19(20(23)25-21)17-11-7-4-8-12-17/h3-12,15H,13-14H2,1-2H3,(H,24,25). The fraction of sp³-hybridized carbons (Fsp3) is 0.227. The number of carbonyl (C=O) groups excluding carboxylic acids is 1. The van der Waals surface area contributed by atoms with Crippen LogP contribution in [0.25, 0.3) is 11.3 Å². The molecule has 1 aromatic heterocycles. The first kappa shape index (κ1) is 20.6. The lowest BCUT2D eigenvalue weighted by molar-refractivity contribution is -0.145. The van der Waals surface area contributed by atoms with Crippen LogP contribution >= 0.6 is 11.6 Å². The van der Waals surface area contributed by atoms with E-state index < -0.39 is 11.5 Å². The van der Waals surface area contributed by atoms with E-state index in [-0.39, 0.29) is 30.2 Å². The minimum absolute atomic E-state index is 0.0210. The number of anilines is 1. The first-order chi connectivity index (χ1) is 14.0. The Balaban J connectivity index is 1.94. The lowest BCUT2D eigenvalue weighted by atomic mass is 10.1. The number of halogens is 1. The molecule has 0 fully saturated rings. The van der Waals surface area contributed by atoms with Gasteiger partial charge < -0.3 is 10.1 Å². The molecule has 0 aliphatic heterocycles. The van der Waals surface area contributed by atoms with Crippen LogP contribution in [-0.4, -0.2) is 21.6 Å². The summed E-state index contributed by atoms with van der Waals surface area (Å²) in [5, 5.41) is 3.12. The number of benzene rings is 2. The number of aromatic nitrogens is 2. The van der Waals surface area contributed by atoms with E-state index in [0.29, 0.717) is 11.3 Å². The summed E-state index contributed by atoms with van der Waals surface area (Å²) in [4.78, 5) is 29.8. The Hall–Kier alpha value is -3.12. The molecule has 29 heavy (non-hydrogen) atoms. The third-order valence-electron chi connectivity index (χ3n) is 4.13. The van der Waals surface area contributed by atoms with Crippen molar-refractivity contribution in [2.24, 2.45) is 0 Å². The molecule has 0 amide bonds. The summed E-state index contributed by atoms with van der Waals surface area (Å²) in [7, 11) is 0. The van der Waals surface area contributed by atoms with Crippen molar-refractivity contribution in [3.05, 3.63) is 81.7 Å². The molecule has 7 heteroatoms. The van der Waals surface area contributed by atoms with Crippen molar-refractivity contribution >= 4 is 23.4 Å². The number of esters is 1. The lowest BCUT2D eigenvalue weighted by Gasteiger charge is -2.17. The zero-order chi connectivity index (χ0) is 20.8. The van der Waals surface area contributed by atoms with E-state index in [0.717, 1.165) is 5.56 Å². The minimum Gasteiger partial charge on any atom is -0.459 e. The highest BCUT2D eigenvalue weighted by Gasteiger charge is 2.20. The SMILES string of the molecule is CC(C)Nc1nc(Cl)c(-c2ccccc2)n(CC(=O)OCc2ccccc2)c1=O. The summed E-state index contributed by atoms with van der Waals surface area (Å²) in [5.74, 6) is -0.438. The Morgan fingerprint density at radius 2 is 1.72 bits per heavy atom. The molecular weight excluding hydrogens is 390 g/mol. The van der Waals surface area contributed by atoms with Gasteiger partial charge in [0.15, 0.2) is 11.0 Å². The van der Waals surface area contributed by atoms with E-state index in [9.17, 15) is 9.59 Å². The Morgan fingerprint density at radius 1 is 1.10 bits per heavy atom. The largest absolute Gasteiger partial charge is 0.459 e. The molecule has 0 unspecified atom stereocenters. The van der Waals surface area contributed by atoms with Crippen LogP contribution in [0.3, 0.4) is 0 Å². The molecule has 1 heterocycles. The Bertz CT molecular complexity index is 1030. The monoisotopic (exact) mass is 411 g/mol. The van der Waals surface area contributed by atoms with Gasteiger partial charge in [-0.15, -0.1) is 0 Å². The van der Waals surface area contributed by atoms with Crippen LogP contribution in [0.5, 0.6) is 0 Å². The third-order valence-corrected chi connectivity index (χ3v) is 4.39. The quantitative estimate of drug-likeness (QED) is 0.592. The van der Waals surface area contributed by atoms with Gasteiger partial charge in [0.05, 0.1) is 5.69 Å². The smallest absolute Gasteiger partial charge is 0.326 e. The molecule has 0 saturated carbocycles. The molecule has 1 N–H and O–H groups in total. The molecular formula is C22H22ClN3O3. The summed E-state index contributed by atoms with van der Waals surface area (Å²) in [6.07, 6.45) is 0. The predicted octanol–water partition coefficient (Wildman–Crippen LogP) is 4.13. The molecule has 0 radical (unpaired) electrons. The molecule has 6 nitrogen and oxygen atoms in total. The van der Waals surface area contributed by atoms with Gasteiger partial charge in [0.25, 0.3) is 5.56 Å². The normalized spacial score (nSPS) is 10.8.